The second kappa shape index (κ2) is 9.22. The van der Waals surface area contributed by atoms with Crippen molar-refractivity contribution < 1.29 is 14.7 Å². The van der Waals surface area contributed by atoms with E-state index in [1.807, 2.05) is 18.0 Å². The Kier molecular flexibility index (Phi) is 7.45. The number of halogens is 1. The minimum Gasteiger partial charge on any atom is -0.383 e. The van der Waals surface area contributed by atoms with Gasteiger partial charge in [-0.1, -0.05) is 38.4 Å². The van der Waals surface area contributed by atoms with Crippen LogP contribution in [0.2, 0.25) is 5.02 Å². The van der Waals surface area contributed by atoms with Crippen LogP contribution in [0.4, 0.5) is 0 Å². The van der Waals surface area contributed by atoms with Gasteiger partial charge < -0.3 is 26.0 Å². The third-order valence-corrected chi connectivity index (χ3v) is 5.30. The van der Waals surface area contributed by atoms with E-state index in [0.29, 0.717) is 31.2 Å². The highest BCUT2D eigenvalue weighted by molar-refractivity contribution is 6.30. The van der Waals surface area contributed by atoms with Crippen molar-refractivity contribution in [2.45, 2.75) is 46.0 Å². The highest BCUT2D eigenvalue weighted by atomic mass is 35.5. The molecule has 0 bridgehead atoms. The van der Waals surface area contributed by atoms with E-state index in [0.717, 1.165) is 11.1 Å². The Labute approximate surface area is 171 Å². The van der Waals surface area contributed by atoms with Gasteiger partial charge in [0.15, 0.2) is 0 Å². The zero-order valence-electron chi connectivity index (χ0n) is 17.0. The molecule has 1 aromatic rings. The highest BCUT2D eigenvalue weighted by Gasteiger charge is 2.40. The van der Waals surface area contributed by atoms with Gasteiger partial charge in [-0.05, 0) is 35.7 Å². The van der Waals surface area contributed by atoms with Crippen LogP contribution in [0.3, 0.4) is 0 Å². The summed E-state index contributed by atoms with van der Waals surface area (Å²) in [6, 6.07) is 4.72. The predicted octanol–water partition coefficient (Wildman–Crippen LogP) is 0.965. The number of rotatable bonds is 5. The summed E-state index contributed by atoms with van der Waals surface area (Å²) in [5, 5.41) is 13.9. The van der Waals surface area contributed by atoms with E-state index in [9.17, 15) is 14.7 Å². The third kappa shape index (κ3) is 5.44. The fourth-order valence-corrected chi connectivity index (χ4v) is 3.39. The number of carbonyl (C=O) groups is 2. The highest BCUT2D eigenvalue weighted by Crippen LogP contribution is 2.23. The van der Waals surface area contributed by atoms with Gasteiger partial charge in [0.25, 0.3) is 5.91 Å². The van der Waals surface area contributed by atoms with E-state index in [1.165, 1.54) is 4.90 Å². The SMILES string of the molecule is CN1CCN(C(=O)[C@H](O)C(C)(C)C)C(C(=O)NCc2cc(Cl)ccc2CN)C1. The van der Waals surface area contributed by atoms with Gasteiger partial charge in [0.2, 0.25) is 5.91 Å². The molecule has 0 radical (unpaired) electrons. The van der Waals surface area contributed by atoms with Crippen LogP contribution in [0.1, 0.15) is 31.9 Å². The quantitative estimate of drug-likeness (QED) is 0.671. The molecule has 1 aliphatic rings. The van der Waals surface area contributed by atoms with Crippen LogP contribution < -0.4 is 11.1 Å². The summed E-state index contributed by atoms with van der Waals surface area (Å²) in [4.78, 5) is 29.2. The number of piperazine rings is 1. The Morgan fingerprint density at radius 1 is 1.32 bits per heavy atom. The molecule has 0 aromatic heterocycles. The van der Waals surface area contributed by atoms with E-state index in [1.54, 1.807) is 32.9 Å². The molecule has 0 aliphatic carbocycles. The first-order valence-electron chi connectivity index (χ1n) is 9.46. The van der Waals surface area contributed by atoms with Crippen LogP contribution >= 0.6 is 11.6 Å². The van der Waals surface area contributed by atoms with Crippen molar-refractivity contribution in [3.05, 3.63) is 34.3 Å². The molecule has 1 saturated heterocycles. The normalized spacial score (nSPS) is 19.4. The number of likely N-dealkylation sites (N-methyl/N-ethyl adjacent to an activating group) is 1. The molecule has 1 heterocycles. The van der Waals surface area contributed by atoms with Gasteiger partial charge in [-0.2, -0.15) is 0 Å². The Bertz CT molecular complexity index is 720. The van der Waals surface area contributed by atoms with E-state index >= 15 is 0 Å². The summed E-state index contributed by atoms with van der Waals surface area (Å²) < 4.78 is 0. The number of aliphatic hydroxyl groups excluding tert-OH is 1. The Hall–Kier alpha value is -1.67. The smallest absolute Gasteiger partial charge is 0.252 e. The van der Waals surface area contributed by atoms with E-state index < -0.39 is 23.5 Å². The van der Waals surface area contributed by atoms with Crippen molar-refractivity contribution in [3.8, 4) is 0 Å². The molecule has 4 N–H and O–H groups in total. The van der Waals surface area contributed by atoms with Crippen LogP contribution in [-0.2, 0) is 22.7 Å². The van der Waals surface area contributed by atoms with Gasteiger partial charge in [-0.25, -0.2) is 0 Å². The first-order valence-corrected chi connectivity index (χ1v) is 9.84. The molecule has 1 aromatic carbocycles. The summed E-state index contributed by atoms with van der Waals surface area (Å²) >= 11 is 6.06. The predicted molar refractivity (Wildman–Crippen MR) is 110 cm³/mol. The van der Waals surface area contributed by atoms with Crippen molar-refractivity contribution in [2.75, 3.05) is 26.7 Å². The average Bonchev–Trinajstić information content (AvgIpc) is 2.64. The zero-order chi connectivity index (χ0) is 21.1. The Balaban J connectivity index is 2.14. The number of amides is 2. The molecule has 28 heavy (non-hydrogen) atoms. The summed E-state index contributed by atoms with van der Waals surface area (Å²) in [7, 11) is 1.91. The van der Waals surface area contributed by atoms with Gasteiger partial charge in [0.1, 0.15) is 12.1 Å². The molecular weight excluding hydrogens is 380 g/mol. The molecule has 156 valence electrons. The first kappa shape index (κ1) is 22.6. The maximum Gasteiger partial charge on any atom is 0.252 e. The summed E-state index contributed by atoms with van der Waals surface area (Å²) in [5.74, 6) is -0.671. The van der Waals surface area contributed by atoms with Crippen LogP contribution in [0, 0.1) is 5.41 Å². The molecular formula is C20H31ClN4O3. The lowest BCUT2D eigenvalue weighted by atomic mass is 9.88. The number of hydrogen-bond acceptors (Lipinski definition) is 5. The van der Waals surface area contributed by atoms with E-state index in [2.05, 4.69) is 5.32 Å². The number of carbonyl (C=O) groups excluding carboxylic acids is 2. The molecule has 1 aliphatic heterocycles. The van der Waals surface area contributed by atoms with Crippen molar-refractivity contribution in [2.24, 2.45) is 11.1 Å². The Morgan fingerprint density at radius 2 is 2.00 bits per heavy atom. The lowest BCUT2D eigenvalue weighted by Gasteiger charge is -2.41. The summed E-state index contributed by atoms with van der Waals surface area (Å²) in [5.41, 5.74) is 6.91. The summed E-state index contributed by atoms with van der Waals surface area (Å²) in [6.07, 6.45) is -1.16. The topological polar surface area (TPSA) is 98.9 Å². The van der Waals surface area contributed by atoms with E-state index in [4.69, 9.17) is 17.3 Å². The molecule has 2 amide bonds. The van der Waals surface area contributed by atoms with Crippen LogP contribution in [0.25, 0.3) is 0 Å². The zero-order valence-corrected chi connectivity index (χ0v) is 17.8. The molecule has 1 fully saturated rings. The van der Waals surface area contributed by atoms with Crippen LogP contribution in [0.5, 0.6) is 0 Å². The van der Waals surface area contributed by atoms with E-state index in [-0.39, 0.29) is 12.5 Å². The van der Waals surface area contributed by atoms with Gasteiger partial charge in [0, 0.05) is 37.7 Å². The number of nitrogens with one attached hydrogen (secondary N) is 1. The molecule has 2 atom stereocenters. The molecule has 7 nitrogen and oxygen atoms in total. The minimum atomic E-state index is -1.16. The van der Waals surface area contributed by atoms with Gasteiger partial charge >= 0.3 is 0 Å². The molecule has 2 rings (SSSR count). The maximum atomic E-state index is 12.9. The molecule has 0 saturated carbocycles. The van der Waals surface area contributed by atoms with Crippen molar-refractivity contribution in [3.63, 3.8) is 0 Å². The molecule has 8 heteroatoms. The fourth-order valence-electron chi connectivity index (χ4n) is 3.19. The monoisotopic (exact) mass is 410 g/mol. The fraction of sp³-hybridized carbons (Fsp3) is 0.600. The standard InChI is InChI=1S/C20H31ClN4O3/c1-20(2,3)17(26)19(28)25-8-7-24(4)12-16(25)18(27)23-11-14-9-15(21)6-5-13(14)10-22/h5-6,9,16-17,26H,7-8,10-12,22H2,1-4H3,(H,23,27)/t16?,17-/m0/s1. The van der Waals surface area contributed by atoms with Gasteiger partial charge in [-0.15, -0.1) is 0 Å². The largest absolute Gasteiger partial charge is 0.383 e. The number of aliphatic hydroxyl groups is 1. The average molecular weight is 411 g/mol. The van der Waals surface area contributed by atoms with Gasteiger partial charge in [-0.3, -0.25) is 9.59 Å². The van der Waals surface area contributed by atoms with Crippen LogP contribution in [0.15, 0.2) is 18.2 Å². The maximum absolute atomic E-state index is 12.9. The molecule has 0 spiro atoms. The number of nitrogens with zero attached hydrogens (tertiary/aromatic N) is 2. The van der Waals surface area contributed by atoms with Crippen molar-refractivity contribution in [1.82, 2.24) is 15.1 Å². The van der Waals surface area contributed by atoms with Crippen LogP contribution in [-0.4, -0.2) is 65.5 Å². The lowest BCUT2D eigenvalue weighted by Crippen LogP contribution is -2.62. The second-order valence-electron chi connectivity index (χ2n) is 8.41. The van der Waals surface area contributed by atoms with Crippen molar-refractivity contribution in [1.29, 1.82) is 0 Å². The third-order valence-electron chi connectivity index (χ3n) is 5.06. The number of nitrogens with two attached hydrogens (primary N) is 1. The molecule has 1 unspecified atom stereocenters. The minimum absolute atomic E-state index is 0.260. The second-order valence-corrected chi connectivity index (χ2v) is 8.85. The number of hydrogen-bond donors (Lipinski definition) is 3. The lowest BCUT2D eigenvalue weighted by molar-refractivity contribution is -0.154. The Morgan fingerprint density at radius 3 is 2.61 bits per heavy atom. The van der Waals surface area contributed by atoms with Gasteiger partial charge in [0.05, 0.1) is 0 Å². The number of benzene rings is 1. The first-order chi connectivity index (χ1) is 13.0. The summed E-state index contributed by atoms with van der Waals surface area (Å²) in [6.45, 7) is 7.47. The van der Waals surface area contributed by atoms with Crippen molar-refractivity contribution >= 4 is 23.4 Å².